The summed E-state index contributed by atoms with van der Waals surface area (Å²) in [5.41, 5.74) is 23.8. The normalized spacial score (nSPS) is 10.6. The fraction of sp³-hybridized carbons (Fsp3) is 0.0645. The summed E-state index contributed by atoms with van der Waals surface area (Å²) in [5, 5.41) is 5.28. The van der Waals surface area contributed by atoms with Crippen LogP contribution in [-0.4, -0.2) is 24.1 Å². The third kappa shape index (κ3) is 16.4. The molecule has 3 aromatic heterocycles. The van der Waals surface area contributed by atoms with Crippen molar-refractivity contribution in [2.45, 2.75) is 34.6 Å². The third-order valence-corrected chi connectivity index (χ3v) is 17.2. The Bertz CT molecular complexity index is 5280. The number of aryl methyl sites for hydroxylation is 6. The molecule has 5 heteroatoms. The molecule has 0 amide bonds. The molecule has 0 bridgehead atoms. The van der Waals surface area contributed by atoms with E-state index in [4.69, 9.17) is 0 Å². The van der Waals surface area contributed by atoms with Gasteiger partial charge in [-0.15, -0.1) is 0 Å². The second kappa shape index (κ2) is 32.2. The van der Waals surface area contributed by atoms with Crippen molar-refractivity contribution in [3.05, 3.63) is 398 Å². The van der Waals surface area contributed by atoms with E-state index >= 15 is 0 Å². The molecular weight excluding hydrogens is 1190 g/mol. The Kier molecular flexibility index (Phi) is 21.6. The predicted octanol–water partition coefficient (Wildman–Crippen LogP) is 24.6. The number of hydrogen-bond donors (Lipinski definition) is 0. The van der Waals surface area contributed by atoms with Gasteiger partial charge in [0, 0.05) is 56.4 Å². The maximum Gasteiger partial charge on any atom is 0.163 e. The highest BCUT2D eigenvalue weighted by Gasteiger charge is 2.13. The lowest BCUT2D eigenvalue weighted by Crippen LogP contribution is -1.99. The average molecular weight is 1270 g/mol. The van der Waals surface area contributed by atoms with Crippen LogP contribution in [0.2, 0.25) is 0 Å². The van der Waals surface area contributed by atoms with Crippen LogP contribution in [0.15, 0.2) is 370 Å². The van der Waals surface area contributed by atoms with Crippen LogP contribution < -0.4 is 0 Å². The predicted molar refractivity (Wildman–Crippen MR) is 417 cm³/mol. The standard InChI is InChI=1S/2C19H15N.C16H13N3.3C13H12/c1-20-18-10-6-5-9-16(18)17-13-15(11-12-19(17)20)14-7-3-2-4-8-14;1-14-11-12-19-17(13-14)16-9-5-6-10-18(16)20(19)15-7-3-2-4-8-15;1-12-17-15(13-8-4-2-5-9-13)19-16(18-12)14-10-6-3-7-11-14;1-11-7-5-6-10-13(11)12-8-3-2-4-9-12;1-11-6-5-9-13(10-11)12-7-3-2-4-8-12;1-11-7-9-13(10-8-11)12-5-3-2-4-6-12/h2*2-13H,1H3;2-11H,1H3;3*2-10H,1H3. The first kappa shape index (κ1) is 65.7. The lowest BCUT2D eigenvalue weighted by Gasteiger charge is -2.07. The highest BCUT2D eigenvalue weighted by molar-refractivity contribution is 6.10. The van der Waals surface area contributed by atoms with E-state index in [0.717, 1.165) is 17.0 Å². The van der Waals surface area contributed by atoms with Gasteiger partial charge < -0.3 is 9.13 Å². The molecule has 0 aliphatic heterocycles. The molecule has 0 saturated carbocycles. The molecule has 0 atom stereocenters. The summed E-state index contributed by atoms with van der Waals surface area (Å²) in [6.07, 6.45) is 0. The number of fused-ring (bicyclic) bond motifs is 6. The van der Waals surface area contributed by atoms with Crippen LogP contribution in [0.1, 0.15) is 28.1 Å². The highest BCUT2D eigenvalue weighted by Crippen LogP contribution is 2.34. The van der Waals surface area contributed by atoms with Gasteiger partial charge in [0.2, 0.25) is 0 Å². The number of nitrogens with zero attached hydrogens (tertiary/aromatic N) is 5. The third-order valence-electron chi connectivity index (χ3n) is 17.2. The van der Waals surface area contributed by atoms with Gasteiger partial charge in [-0.25, -0.2) is 15.0 Å². The van der Waals surface area contributed by atoms with Crippen LogP contribution in [-0.2, 0) is 7.05 Å². The maximum absolute atomic E-state index is 4.55. The smallest absolute Gasteiger partial charge is 0.163 e. The number of benzene rings is 14. The van der Waals surface area contributed by atoms with Gasteiger partial charge in [-0.1, -0.05) is 338 Å². The zero-order valence-electron chi connectivity index (χ0n) is 56.5. The quantitative estimate of drug-likeness (QED) is 0.160. The first-order chi connectivity index (χ1) is 48.1. The number of para-hydroxylation sites is 3. The van der Waals surface area contributed by atoms with Gasteiger partial charge in [0.15, 0.2) is 11.6 Å². The van der Waals surface area contributed by atoms with E-state index in [1.165, 1.54) is 116 Å². The molecule has 98 heavy (non-hydrogen) atoms. The second-order valence-corrected chi connectivity index (χ2v) is 24.3. The Balaban J connectivity index is 0.000000113. The van der Waals surface area contributed by atoms with Gasteiger partial charge in [0.1, 0.15) is 5.82 Å². The largest absolute Gasteiger partial charge is 0.344 e. The van der Waals surface area contributed by atoms with Crippen LogP contribution in [0.4, 0.5) is 0 Å². The Morgan fingerprint density at radius 1 is 0.224 bits per heavy atom. The highest BCUT2D eigenvalue weighted by atomic mass is 15.0. The topological polar surface area (TPSA) is 48.5 Å². The fourth-order valence-electron chi connectivity index (χ4n) is 12.2. The van der Waals surface area contributed by atoms with Crippen molar-refractivity contribution in [1.82, 2.24) is 24.1 Å². The monoisotopic (exact) mass is 1270 g/mol. The number of hydrogen-bond acceptors (Lipinski definition) is 3. The van der Waals surface area contributed by atoms with Crippen LogP contribution >= 0.6 is 0 Å². The SMILES string of the molecule is Cc1ccc(-c2ccccc2)cc1.Cc1ccc2c(c1)c1ccccc1n2-c1ccccc1.Cc1cccc(-c2ccccc2)c1.Cc1ccccc1-c1ccccc1.Cc1nc(-c2ccccc2)nc(-c2ccccc2)n1.Cn1c2ccccc2c2cc(-c3ccccc3)ccc21. The first-order valence-electron chi connectivity index (χ1n) is 33.4. The van der Waals surface area contributed by atoms with Gasteiger partial charge in [-0.05, 0) is 133 Å². The molecule has 17 rings (SSSR count). The molecule has 3 heterocycles. The summed E-state index contributed by atoms with van der Waals surface area (Å²) in [6, 6.07) is 129. The van der Waals surface area contributed by atoms with Crippen molar-refractivity contribution < 1.29 is 0 Å². The summed E-state index contributed by atoms with van der Waals surface area (Å²) in [5.74, 6) is 2.16. The fourth-order valence-corrected chi connectivity index (χ4v) is 12.2. The average Bonchev–Trinajstić information content (AvgIpc) is 1.61. The zero-order chi connectivity index (χ0) is 67.4. The van der Waals surface area contributed by atoms with Crippen molar-refractivity contribution in [2.24, 2.45) is 7.05 Å². The van der Waals surface area contributed by atoms with E-state index in [9.17, 15) is 0 Å². The van der Waals surface area contributed by atoms with Crippen molar-refractivity contribution in [3.63, 3.8) is 0 Å². The van der Waals surface area contributed by atoms with Gasteiger partial charge in [-0.2, -0.15) is 0 Å². The van der Waals surface area contributed by atoms with Crippen molar-refractivity contribution >= 4 is 43.6 Å². The maximum atomic E-state index is 4.55. The van der Waals surface area contributed by atoms with Crippen LogP contribution in [0.3, 0.4) is 0 Å². The lowest BCUT2D eigenvalue weighted by atomic mass is 10.0. The van der Waals surface area contributed by atoms with Crippen LogP contribution in [0.25, 0.3) is 117 Å². The summed E-state index contributed by atoms with van der Waals surface area (Å²) in [7, 11) is 2.13. The molecule has 0 aliphatic carbocycles. The molecule has 476 valence electrons. The molecule has 0 spiro atoms. The van der Waals surface area contributed by atoms with Crippen molar-refractivity contribution in [1.29, 1.82) is 0 Å². The molecular formula is C93H79N5. The molecule has 5 nitrogen and oxygen atoms in total. The van der Waals surface area contributed by atoms with Gasteiger partial charge in [-0.3, -0.25) is 0 Å². The summed E-state index contributed by atoms with van der Waals surface area (Å²) < 4.78 is 4.60. The lowest BCUT2D eigenvalue weighted by molar-refractivity contribution is 0.992. The Hall–Kier alpha value is -12.3. The zero-order valence-corrected chi connectivity index (χ0v) is 56.5. The molecule has 0 aliphatic rings. The summed E-state index contributed by atoms with van der Waals surface area (Å²) >= 11 is 0. The molecule has 14 aromatic carbocycles. The summed E-state index contributed by atoms with van der Waals surface area (Å²) in [4.78, 5) is 13.4. The van der Waals surface area contributed by atoms with Crippen LogP contribution in [0, 0.1) is 34.6 Å². The second-order valence-electron chi connectivity index (χ2n) is 24.3. The number of aromatic nitrogens is 5. The molecule has 0 fully saturated rings. The molecule has 0 unspecified atom stereocenters. The van der Waals surface area contributed by atoms with E-state index in [-0.39, 0.29) is 0 Å². The van der Waals surface area contributed by atoms with Gasteiger partial charge in [0.25, 0.3) is 0 Å². The number of rotatable bonds is 7. The first-order valence-corrected chi connectivity index (χ1v) is 33.4. The van der Waals surface area contributed by atoms with E-state index in [0.29, 0.717) is 11.6 Å². The molecule has 17 aromatic rings. The van der Waals surface area contributed by atoms with E-state index in [2.05, 4.69) is 350 Å². The minimum Gasteiger partial charge on any atom is -0.344 e. The van der Waals surface area contributed by atoms with E-state index < -0.39 is 0 Å². The van der Waals surface area contributed by atoms with Crippen LogP contribution in [0.5, 0.6) is 0 Å². The Labute approximate surface area is 577 Å². The van der Waals surface area contributed by atoms with Crippen molar-refractivity contribution in [2.75, 3.05) is 0 Å². The molecule has 0 radical (unpaired) electrons. The minimum atomic E-state index is 0.715. The molecule has 0 saturated heterocycles. The Morgan fingerprint density at radius 3 is 1.12 bits per heavy atom. The van der Waals surface area contributed by atoms with E-state index in [1.54, 1.807) is 0 Å². The minimum absolute atomic E-state index is 0.715. The van der Waals surface area contributed by atoms with E-state index in [1.807, 2.05) is 85.8 Å². The molecule has 0 N–H and O–H groups in total. The van der Waals surface area contributed by atoms with Gasteiger partial charge >= 0.3 is 0 Å². The van der Waals surface area contributed by atoms with Crippen molar-refractivity contribution in [3.8, 4) is 73.0 Å². The Morgan fingerprint density at radius 2 is 0.582 bits per heavy atom. The summed E-state index contributed by atoms with van der Waals surface area (Å²) in [6.45, 7) is 10.4. The van der Waals surface area contributed by atoms with Gasteiger partial charge in [0.05, 0.1) is 11.0 Å².